The van der Waals surface area contributed by atoms with Crippen molar-refractivity contribution in [2.75, 3.05) is 12.4 Å². The van der Waals surface area contributed by atoms with Gasteiger partial charge in [0.15, 0.2) is 0 Å². The Bertz CT molecular complexity index is 974. The molecule has 1 aromatic heterocycles. The smallest absolute Gasteiger partial charge is 0.272 e. The summed E-state index contributed by atoms with van der Waals surface area (Å²) in [5.41, 5.74) is 2.87. The van der Waals surface area contributed by atoms with E-state index in [1.165, 1.54) is 0 Å². The number of ether oxygens (including phenoxy) is 1. The predicted octanol–water partition coefficient (Wildman–Crippen LogP) is 4.59. The average Bonchev–Trinajstić information content (AvgIpc) is 2.69. The molecule has 0 saturated carbocycles. The van der Waals surface area contributed by atoms with E-state index in [1.54, 1.807) is 18.0 Å². The first-order valence-electron chi connectivity index (χ1n) is 9.60. The number of nitrogens with one attached hydrogen (secondary N) is 1. The summed E-state index contributed by atoms with van der Waals surface area (Å²) in [4.78, 5) is 23.4. The summed E-state index contributed by atoms with van der Waals surface area (Å²) in [5, 5.41) is 3.18. The van der Waals surface area contributed by atoms with Crippen LogP contribution < -0.4 is 10.1 Å². The van der Waals surface area contributed by atoms with Gasteiger partial charge in [-0.2, -0.15) is 0 Å². The summed E-state index contributed by atoms with van der Waals surface area (Å²) in [6, 6.07) is 19.2. The molecule has 1 amide bonds. The van der Waals surface area contributed by atoms with Crippen molar-refractivity contribution < 1.29 is 9.53 Å². The third kappa shape index (κ3) is 5.54. The lowest BCUT2D eigenvalue weighted by Gasteiger charge is -2.18. The van der Waals surface area contributed by atoms with Crippen LogP contribution in [0, 0.1) is 6.92 Å². The zero-order valence-electron chi connectivity index (χ0n) is 17.2. The zero-order valence-corrected chi connectivity index (χ0v) is 17.2. The minimum absolute atomic E-state index is 0.0418. The van der Waals surface area contributed by atoms with E-state index < -0.39 is 0 Å². The van der Waals surface area contributed by atoms with Gasteiger partial charge in [0, 0.05) is 19.3 Å². The Kier molecular flexibility index (Phi) is 6.44. The maximum absolute atomic E-state index is 12.9. The van der Waals surface area contributed by atoms with Gasteiger partial charge in [-0.25, -0.2) is 9.97 Å². The first kappa shape index (κ1) is 20.3. The van der Waals surface area contributed by atoms with Crippen LogP contribution in [-0.2, 0) is 6.54 Å². The average molecular weight is 390 g/mol. The molecule has 0 spiro atoms. The van der Waals surface area contributed by atoms with E-state index in [0.29, 0.717) is 29.6 Å². The van der Waals surface area contributed by atoms with Gasteiger partial charge in [-0.15, -0.1) is 0 Å². The summed E-state index contributed by atoms with van der Waals surface area (Å²) >= 11 is 0. The number of carbonyl (C=O) groups is 1. The van der Waals surface area contributed by atoms with Crippen LogP contribution in [0.4, 0.5) is 11.6 Å². The van der Waals surface area contributed by atoms with Gasteiger partial charge in [0.2, 0.25) is 5.95 Å². The highest BCUT2D eigenvalue weighted by molar-refractivity contribution is 5.92. The van der Waals surface area contributed by atoms with Crippen LogP contribution in [0.25, 0.3) is 0 Å². The number of anilines is 2. The van der Waals surface area contributed by atoms with E-state index in [-0.39, 0.29) is 12.0 Å². The standard InChI is InChI=1S/C23H26N4O2/c1-16(2)29-21-13-9-8-12-19(21)25-23-24-17(3)14-20(26-23)22(28)27(4)15-18-10-6-5-7-11-18/h5-14,16H,15H2,1-4H3,(H,24,25,26). The van der Waals surface area contributed by atoms with E-state index >= 15 is 0 Å². The maximum atomic E-state index is 12.9. The van der Waals surface area contributed by atoms with Gasteiger partial charge in [-0.3, -0.25) is 4.79 Å². The summed E-state index contributed by atoms with van der Waals surface area (Å²) in [7, 11) is 1.77. The van der Waals surface area contributed by atoms with Crippen LogP contribution in [0.1, 0.15) is 35.6 Å². The van der Waals surface area contributed by atoms with Crippen molar-refractivity contribution in [1.29, 1.82) is 0 Å². The molecule has 0 aliphatic rings. The van der Waals surface area contributed by atoms with Crippen molar-refractivity contribution in [3.05, 3.63) is 77.6 Å². The van der Waals surface area contributed by atoms with Crippen molar-refractivity contribution in [1.82, 2.24) is 14.9 Å². The summed E-state index contributed by atoms with van der Waals surface area (Å²) in [6.07, 6.45) is 0.0418. The first-order chi connectivity index (χ1) is 13.9. The molecule has 3 aromatic rings. The molecule has 150 valence electrons. The fourth-order valence-electron chi connectivity index (χ4n) is 2.91. The third-order valence-corrected chi connectivity index (χ3v) is 4.18. The number of para-hydroxylation sites is 2. The lowest BCUT2D eigenvalue weighted by molar-refractivity contribution is 0.0779. The monoisotopic (exact) mass is 390 g/mol. The molecule has 1 N–H and O–H groups in total. The molecular weight excluding hydrogens is 364 g/mol. The molecule has 0 saturated heterocycles. The number of hydrogen-bond acceptors (Lipinski definition) is 5. The highest BCUT2D eigenvalue weighted by atomic mass is 16.5. The zero-order chi connectivity index (χ0) is 20.8. The largest absolute Gasteiger partial charge is 0.489 e. The van der Waals surface area contributed by atoms with E-state index in [2.05, 4.69) is 15.3 Å². The molecule has 0 aliphatic carbocycles. The number of aromatic nitrogens is 2. The van der Waals surface area contributed by atoms with Gasteiger partial charge in [0.05, 0.1) is 11.8 Å². The van der Waals surface area contributed by atoms with Crippen molar-refractivity contribution >= 4 is 17.5 Å². The van der Waals surface area contributed by atoms with Crippen molar-refractivity contribution in [3.63, 3.8) is 0 Å². The Hall–Kier alpha value is -3.41. The topological polar surface area (TPSA) is 67.4 Å². The molecule has 0 unspecified atom stereocenters. The molecule has 0 bridgehead atoms. The second-order valence-corrected chi connectivity index (χ2v) is 7.15. The fourth-order valence-corrected chi connectivity index (χ4v) is 2.91. The predicted molar refractivity (Wildman–Crippen MR) is 114 cm³/mol. The Morgan fingerprint density at radius 2 is 1.76 bits per heavy atom. The molecule has 29 heavy (non-hydrogen) atoms. The molecule has 2 aromatic carbocycles. The molecule has 0 radical (unpaired) electrons. The molecule has 0 atom stereocenters. The van der Waals surface area contributed by atoms with Gasteiger partial charge in [-0.05, 0) is 44.5 Å². The minimum atomic E-state index is -0.158. The number of benzene rings is 2. The van der Waals surface area contributed by atoms with Crippen LogP contribution in [0.15, 0.2) is 60.7 Å². The van der Waals surface area contributed by atoms with Crippen LogP contribution in [0.5, 0.6) is 5.75 Å². The second kappa shape index (κ2) is 9.19. The molecular formula is C23H26N4O2. The molecule has 3 rings (SSSR count). The van der Waals surface area contributed by atoms with Crippen molar-refractivity contribution in [2.24, 2.45) is 0 Å². The summed E-state index contributed by atoms with van der Waals surface area (Å²) < 4.78 is 5.84. The second-order valence-electron chi connectivity index (χ2n) is 7.15. The third-order valence-electron chi connectivity index (χ3n) is 4.18. The number of aryl methyl sites for hydroxylation is 1. The van der Waals surface area contributed by atoms with Gasteiger partial charge < -0.3 is 15.0 Å². The highest BCUT2D eigenvalue weighted by Crippen LogP contribution is 2.27. The van der Waals surface area contributed by atoms with Crippen LogP contribution in [0.2, 0.25) is 0 Å². The molecule has 6 heteroatoms. The van der Waals surface area contributed by atoms with Gasteiger partial charge >= 0.3 is 0 Å². The molecule has 0 aliphatic heterocycles. The van der Waals surface area contributed by atoms with Gasteiger partial charge in [-0.1, -0.05) is 42.5 Å². The number of carbonyl (C=O) groups excluding carboxylic acids is 1. The maximum Gasteiger partial charge on any atom is 0.272 e. The Morgan fingerprint density at radius 1 is 1.07 bits per heavy atom. The Balaban J connectivity index is 1.80. The van der Waals surface area contributed by atoms with Gasteiger partial charge in [0.25, 0.3) is 5.91 Å². The summed E-state index contributed by atoms with van der Waals surface area (Å²) in [6.45, 7) is 6.30. The molecule has 1 heterocycles. The van der Waals surface area contributed by atoms with E-state index in [4.69, 9.17) is 4.74 Å². The van der Waals surface area contributed by atoms with Crippen LogP contribution >= 0.6 is 0 Å². The molecule has 0 fully saturated rings. The Labute approximate surface area is 171 Å². The minimum Gasteiger partial charge on any atom is -0.489 e. The first-order valence-corrected chi connectivity index (χ1v) is 9.60. The number of nitrogens with zero attached hydrogens (tertiary/aromatic N) is 3. The normalized spacial score (nSPS) is 10.7. The summed E-state index contributed by atoms with van der Waals surface area (Å²) in [5.74, 6) is 0.914. The fraction of sp³-hybridized carbons (Fsp3) is 0.261. The number of rotatable bonds is 7. The van der Waals surface area contributed by atoms with Crippen LogP contribution in [0.3, 0.4) is 0 Å². The molecule has 6 nitrogen and oxygen atoms in total. The number of hydrogen-bond donors (Lipinski definition) is 1. The van der Waals surface area contributed by atoms with E-state index in [9.17, 15) is 4.79 Å². The van der Waals surface area contributed by atoms with Gasteiger partial charge in [0.1, 0.15) is 11.4 Å². The van der Waals surface area contributed by atoms with Crippen LogP contribution in [-0.4, -0.2) is 33.9 Å². The lowest BCUT2D eigenvalue weighted by atomic mass is 10.2. The lowest BCUT2D eigenvalue weighted by Crippen LogP contribution is -2.27. The van der Waals surface area contributed by atoms with E-state index in [1.807, 2.05) is 75.4 Å². The SMILES string of the molecule is Cc1cc(C(=O)N(C)Cc2ccccc2)nc(Nc2ccccc2OC(C)C)n1. The van der Waals surface area contributed by atoms with E-state index in [0.717, 1.165) is 11.3 Å². The Morgan fingerprint density at radius 3 is 2.48 bits per heavy atom. The van der Waals surface area contributed by atoms with Crippen molar-refractivity contribution in [3.8, 4) is 5.75 Å². The highest BCUT2D eigenvalue weighted by Gasteiger charge is 2.16. The van der Waals surface area contributed by atoms with Crippen molar-refractivity contribution in [2.45, 2.75) is 33.4 Å². The number of amides is 1. The quantitative estimate of drug-likeness (QED) is 0.639.